The summed E-state index contributed by atoms with van der Waals surface area (Å²) in [4.78, 5) is 29.3. The molecule has 0 unspecified atom stereocenters. The molecule has 34 heavy (non-hydrogen) atoms. The highest BCUT2D eigenvalue weighted by molar-refractivity contribution is 5.95. The van der Waals surface area contributed by atoms with Crippen LogP contribution in [0.3, 0.4) is 0 Å². The molecule has 0 spiro atoms. The van der Waals surface area contributed by atoms with Crippen LogP contribution in [0.15, 0.2) is 66.7 Å². The van der Waals surface area contributed by atoms with E-state index >= 15 is 0 Å². The fraction of sp³-hybridized carbons (Fsp3) is 0.286. The van der Waals surface area contributed by atoms with Crippen molar-refractivity contribution < 1.29 is 14.3 Å². The minimum atomic E-state index is -0.199. The summed E-state index contributed by atoms with van der Waals surface area (Å²) in [5.41, 5.74) is 5.79. The van der Waals surface area contributed by atoms with E-state index in [2.05, 4.69) is 16.3 Å². The molecule has 6 nitrogen and oxygen atoms in total. The first-order chi connectivity index (χ1) is 16.4. The molecule has 1 fully saturated rings. The van der Waals surface area contributed by atoms with Gasteiger partial charge in [-0.25, -0.2) is 0 Å². The lowest BCUT2D eigenvalue weighted by Gasteiger charge is -2.36. The van der Waals surface area contributed by atoms with E-state index in [0.29, 0.717) is 18.8 Å². The van der Waals surface area contributed by atoms with Crippen molar-refractivity contribution in [2.45, 2.75) is 20.8 Å². The van der Waals surface area contributed by atoms with Gasteiger partial charge in [-0.1, -0.05) is 24.3 Å². The van der Waals surface area contributed by atoms with E-state index in [-0.39, 0.29) is 18.4 Å². The Kier molecular flexibility index (Phi) is 7.16. The molecule has 2 amide bonds. The van der Waals surface area contributed by atoms with Crippen LogP contribution in [0.25, 0.3) is 0 Å². The molecule has 0 atom stereocenters. The lowest BCUT2D eigenvalue weighted by atomic mass is 10.1. The van der Waals surface area contributed by atoms with Gasteiger partial charge in [0.1, 0.15) is 5.75 Å². The van der Waals surface area contributed by atoms with E-state index < -0.39 is 0 Å². The Morgan fingerprint density at radius 3 is 2.15 bits per heavy atom. The number of hydrogen-bond acceptors (Lipinski definition) is 4. The van der Waals surface area contributed by atoms with Crippen molar-refractivity contribution in [2.75, 3.05) is 43.0 Å². The average Bonchev–Trinajstić information content (AvgIpc) is 2.83. The van der Waals surface area contributed by atoms with Gasteiger partial charge in [0.2, 0.25) is 0 Å². The van der Waals surface area contributed by atoms with Crippen molar-refractivity contribution in [3.8, 4) is 5.75 Å². The number of piperazine rings is 1. The Morgan fingerprint density at radius 1 is 0.853 bits per heavy atom. The number of aryl methyl sites for hydroxylation is 3. The molecule has 0 aliphatic carbocycles. The maximum atomic E-state index is 12.8. The van der Waals surface area contributed by atoms with E-state index in [1.807, 2.05) is 86.3 Å². The number of rotatable bonds is 6. The number of ether oxygens (including phenoxy) is 1. The predicted molar refractivity (Wildman–Crippen MR) is 136 cm³/mol. The molecule has 0 aromatic heterocycles. The van der Waals surface area contributed by atoms with Crippen LogP contribution in [-0.4, -0.2) is 49.5 Å². The number of anilines is 2. The van der Waals surface area contributed by atoms with Gasteiger partial charge in [-0.2, -0.15) is 0 Å². The van der Waals surface area contributed by atoms with Crippen LogP contribution >= 0.6 is 0 Å². The second-order valence-electron chi connectivity index (χ2n) is 8.80. The van der Waals surface area contributed by atoms with Gasteiger partial charge in [0.15, 0.2) is 6.61 Å². The quantitative estimate of drug-likeness (QED) is 0.588. The predicted octanol–water partition coefficient (Wildman–Crippen LogP) is 4.59. The van der Waals surface area contributed by atoms with Crippen LogP contribution in [0.4, 0.5) is 11.4 Å². The number of nitrogens with one attached hydrogen (secondary N) is 1. The van der Waals surface area contributed by atoms with Crippen molar-refractivity contribution >= 4 is 23.2 Å². The number of nitrogens with zero attached hydrogens (tertiary/aromatic N) is 2. The Hall–Kier alpha value is -3.80. The first-order valence-corrected chi connectivity index (χ1v) is 11.6. The summed E-state index contributed by atoms with van der Waals surface area (Å²) in [5, 5.41) is 2.88. The number of hydrogen-bond donors (Lipinski definition) is 1. The van der Waals surface area contributed by atoms with Crippen molar-refractivity contribution in [1.82, 2.24) is 4.90 Å². The average molecular weight is 458 g/mol. The molecule has 1 saturated heterocycles. The first kappa shape index (κ1) is 23.4. The van der Waals surface area contributed by atoms with Crippen LogP contribution in [0.1, 0.15) is 27.0 Å². The summed E-state index contributed by atoms with van der Waals surface area (Å²) >= 11 is 0. The maximum absolute atomic E-state index is 12.8. The molecule has 176 valence electrons. The second kappa shape index (κ2) is 10.4. The fourth-order valence-electron chi connectivity index (χ4n) is 4.27. The van der Waals surface area contributed by atoms with E-state index in [1.165, 1.54) is 0 Å². The smallest absolute Gasteiger partial charge is 0.262 e. The molecule has 3 aromatic rings. The zero-order chi connectivity index (χ0) is 24.1. The highest BCUT2D eigenvalue weighted by atomic mass is 16.5. The SMILES string of the molecule is Cc1cc(C)cc(OCC(=O)Nc2ccc(N3CCN(C(=O)c4ccccc4C)CC3)cc2)c1. The highest BCUT2D eigenvalue weighted by Gasteiger charge is 2.23. The largest absolute Gasteiger partial charge is 0.484 e. The third-order valence-electron chi connectivity index (χ3n) is 6.02. The van der Waals surface area contributed by atoms with Gasteiger partial charge < -0.3 is 19.9 Å². The molecule has 6 heteroatoms. The number of carbonyl (C=O) groups excluding carboxylic acids is 2. The van der Waals surface area contributed by atoms with Crippen molar-refractivity contribution in [3.63, 3.8) is 0 Å². The van der Waals surface area contributed by atoms with Gasteiger partial charge in [-0.05, 0) is 79.9 Å². The summed E-state index contributed by atoms with van der Waals surface area (Å²) in [5.74, 6) is 0.595. The van der Waals surface area contributed by atoms with Gasteiger partial charge in [0, 0.05) is 43.1 Å². The van der Waals surface area contributed by atoms with Crippen molar-refractivity contribution in [2.24, 2.45) is 0 Å². The van der Waals surface area contributed by atoms with Crippen LogP contribution in [0, 0.1) is 20.8 Å². The monoisotopic (exact) mass is 457 g/mol. The molecule has 3 aromatic carbocycles. The number of carbonyl (C=O) groups is 2. The lowest BCUT2D eigenvalue weighted by molar-refractivity contribution is -0.118. The van der Waals surface area contributed by atoms with E-state index in [0.717, 1.165) is 46.7 Å². The number of benzene rings is 3. The maximum Gasteiger partial charge on any atom is 0.262 e. The Morgan fingerprint density at radius 2 is 1.50 bits per heavy atom. The topological polar surface area (TPSA) is 61.9 Å². The van der Waals surface area contributed by atoms with E-state index in [4.69, 9.17) is 4.74 Å². The Balaban J connectivity index is 1.27. The highest BCUT2D eigenvalue weighted by Crippen LogP contribution is 2.21. The molecule has 4 rings (SSSR count). The molecular weight excluding hydrogens is 426 g/mol. The van der Waals surface area contributed by atoms with E-state index in [1.54, 1.807) is 0 Å². The minimum absolute atomic E-state index is 0.0402. The summed E-state index contributed by atoms with van der Waals surface area (Å²) in [7, 11) is 0. The van der Waals surface area contributed by atoms with Crippen LogP contribution in [0.2, 0.25) is 0 Å². The molecule has 1 aliphatic rings. The zero-order valence-corrected chi connectivity index (χ0v) is 20.0. The third kappa shape index (κ3) is 5.76. The van der Waals surface area contributed by atoms with Gasteiger partial charge in [0.25, 0.3) is 11.8 Å². The molecule has 0 bridgehead atoms. The molecule has 1 heterocycles. The zero-order valence-electron chi connectivity index (χ0n) is 20.0. The summed E-state index contributed by atoms with van der Waals surface area (Å²) in [6, 6.07) is 21.4. The van der Waals surface area contributed by atoms with Crippen LogP contribution in [0.5, 0.6) is 5.75 Å². The third-order valence-corrected chi connectivity index (χ3v) is 6.02. The van der Waals surface area contributed by atoms with Crippen LogP contribution in [-0.2, 0) is 4.79 Å². The lowest BCUT2D eigenvalue weighted by Crippen LogP contribution is -2.48. The van der Waals surface area contributed by atoms with E-state index in [9.17, 15) is 9.59 Å². The summed E-state index contributed by atoms with van der Waals surface area (Å²) in [6.07, 6.45) is 0. The summed E-state index contributed by atoms with van der Waals surface area (Å²) < 4.78 is 5.64. The normalized spacial score (nSPS) is 13.5. The molecule has 1 aliphatic heterocycles. The fourth-order valence-corrected chi connectivity index (χ4v) is 4.27. The Labute approximate surface area is 201 Å². The number of amides is 2. The van der Waals surface area contributed by atoms with Gasteiger partial charge in [-0.15, -0.1) is 0 Å². The minimum Gasteiger partial charge on any atom is -0.484 e. The standard InChI is InChI=1S/C28H31N3O3/c1-20-16-21(2)18-25(17-20)34-19-27(32)29-23-8-10-24(11-9-23)30-12-14-31(15-13-30)28(33)26-7-5-4-6-22(26)3/h4-11,16-18H,12-15,19H2,1-3H3,(H,29,32). The Bertz CT molecular complexity index is 1150. The molecule has 0 radical (unpaired) electrons. The molecular formula is C28H31N3O3. The molecule has 1 N–H and O–H groups in total. The van der Waals surface area contributed by atoms with Gasteiger partial charge in [0.05, 0.1) is 0 Å². The first-order valence-electron chi connectivity index (χ1n) is 11.6. The van der Waals surface area contributed by atoms with Gasteiger partial charge >= 0.3 is 0 Å². The van der Waals surface area contributed by atoms with Crippen LogP contribution < -0.4 is 15.0 Å². The van der Waals surface area contributed by atoms with Crippen molar-refractivity contribution in [3.05, 3.63) is 89.0 Å². The second-order valence-corrected chi connectivity index (χ2v) is 8.80. The van der Waals surface area contributed by atoms with Crippen molar-refractivity contribution in [1.29, 1.82) is 0 Å². The molecule has 0 saturated carbocycles. The van der Waals surface area contributed by atoms with Gasteiger partial charge in [-0.3, -0.25) is 9.59 Å². The summed E-state index contributed by atoms with van der Waals surface area (Å²) in [6.45, 7) is 8.84.